The Bertz CT molecular complexity index is 1080. The van der Waals surface area contributed by atoms with Crippen molar-refractivity contribution in [2.75, 3.05) is 29.6 Å². The second-order valence-electron chi connectivity index (χ2n) is 8.62. The number of benzene rings is 3. The maximum atomic E-state index is 3.92. The molecule has 0 radical (unpaired) electrons. The standard InChI is InChI=1S/C29H32N2/c1-6-25-16-21(2)28(22(3)17-25)30-14-15-31(20-30)29-23(4)18-27(19-24(29)5)13-12-26-10-8-7-9-11-26/h6-13,16-19H,1,14-15,20H2,2-5H3. The summed E-state index contributed by atoms with van der Waals surface area (Å²) in [5.74, 6) is 0. The van der Waals surface area contributed by atoms with E-state index in [0.717, 1.165) is 19.8 Å². The minimum atomic E-state index is 0.927. The molecule has 0 aromatic heterocycles. The lowest BCUT2D eigenvalue weighted by Gasteiger charge is -2.27. The number of hydrogen-bond donors (Lipinski definition) is 0. The molecule has 0 amide bonds. The van der Waals surface area contributed by atoms with Gasteiger partial charge in [0.2, 0.25) is 0 Å². The molecule has 3 aromatic rings. The maximum Gasteiger partial charge on any atom is 0.0904 e. The zero-order valence-electron chi connectivity index (χ0n) is 19.2. The summed E-state index contributed by atoms with van der Waals surface area (Å²) in [5.41, 5.74) is 11.7. The highest BCUT2D eigenvalue weighted by Crippen LogP contribution is 2.33. The van der Waals surface area contributed by atoms with E-state index in [-0.39, 0.29) is 0 Å². The lowest BCUT2D eigenvalue weighted by molar-refractivity contribution is 0.931. The summed E-state index contributed by atoms with van der Waals surface area (Å²) >= 11 is 0. The third-order valence-corrected chi connectivity index (χ3v) is 6.14. The molecule has 1 heterocycles. The first kappa shape index (κ1) is 21.0. The Morgan fingerprint density at radius 3 is 1.58 bits per heavy atom. The summed E-state index contributed by atoms with van der Waals surface area (Å²) in [7, 11) is 0. The van der Waals surface area contributed by atoms with Crippen LogP contribution in [0.1, 0.15) is 38.9 Å². The first-order valence-electron chi connectivity index (χ1n) is 11.0. The zero-order chi connectivity index (χ0) is 22.0. The Labute approximate surface area is 187 Å². The summed E-state index contributed by atoms with van der Waals surface area (Å²) in [5, 5.41) is 0. The fourth-order valence-electron chi connectivity index (χ4n) is 4.90. The summed E-state index contributed by atoms with van der Waals surface area (Å²) in [6.45, 7) is 15.8. The molecule has 1 fully saturated rings. The van der Waals surface area contributed by atoms with Crippen LogP contribution >= 0.6 is 0 Å². The SMILES string of the molecule is C=Cc1cc(C)c(N2CCN(c3c(C)cc(C=Cc4ccccc4)cc3C)C2)c(C)c1. The minimum Gasteiger partial charge on any atom is -0.352 e. The van der Waals surface area contributed by atoms with Gasteiger partial charge in [0.1, 0.15) is 0 Å². The van der Waals surface area contributed by atoms with Crippen LogP contribution in [0.3, 0.4) is 0 Å². The first-order valence-corrected chi connectivity index (χ1v) is 11.0. The van der Waals surface area contributed by atoms with Crippen LogP contribution in [0.2, 0.25) is 0 Å². The van der Waals surface area contributed by atoms with Gasteiger partial charge in [-0.05, 0) is 90.9 Å². The molecular weight excluding hydrogens is 376 g/mol. The molecule has 3 aromatic carbocycles. The van der Waals surface area contributed by atoms with Crippen molar-refractivity contribution in [3.05, 3.63) is 100 Å². The number of nitrogens with zero attached hydrogens (tertiary/aromatic N) is 2. The summed E-state index contributed by atoms with van der Waals surface area (Å²) in [6.07, 6.45) is 6.33. The van der Waals surface area contributed by atoms with Gasteiger partial charge in [-0.2, -0.15) is 0 Å². The topological polar surface area (TPSA) is 6.48 Å². The molecule has 2 heteroatoms. The average molecular weight is 409 g/mol. The van der Waals surface area contributed by atoms with E-state index in [1.165, 1.54) is 50.3 Å². The third-order valence-electron chi connectivity index (χ3n) is 6.14. The van der Waals surface area contributed by atoms with Crippen LogP contribution in [-0.4, -0.2) is 19.8 Å². The van der Waals surface area contributed by atoms with E-state index < -0.39 is 0 Å². The molecule has 0 aliphatic carbocycles. The number of anilines is 2. The van der Waals surface area contributed by atoms with Crippen LogP contribution in [0.15, 0.2) is 61.2 Å². The van der Waals surface area contributed by atoms with Gasteiger partial charge in [0, 0.05) is 24.5 Å². The van der Waals surface area contributed by atoms with Crippen molar-refractivity contribution in [2.24, 2.45) is 0 Å². The largest absolute Gasteiger partial charge is 0.352 e. The van der Waals surface area contributed by atoms with Crippen molar-refractivity contribution in [1.82, 2.24) is 0 Å². The molecule has 0 N–H and O–H groups in total. The van der Waals surface area contributed by atoms with Crippen LogP contribution in [0.4, 0.5) is 11.4 Å². The number of hydrogen-bond acceptors (Lipinski definition) is 2. The van der Waals surface area contributed by atoms with Crippen LogP contribution in [0.5, 0.6) is 0 Å². The van der Waals surface area contributed by atoms with Crippen LogP contribution in [0.25, 0.3) is 18.2 Å². The van der Waals surface area contributed by atoms with Gasteiger partial charge >= 0.3 is 0 Å². The van der Waals surface area contributed by atoms with Crippen LogP contribution in [-0.2, 0) is 0 Å². The second kappa shape index (κ2) is 8.85. The van der Waals surface area contributed by atoms with Crippen molar-refractivity contribution in [1.29, 1.82) is 0 Å². The quantitative estimate of drug-likeness (QED) is 0.419. The van der Waals surface area contributed by atoms with Gasteiger partial charge in [-0.15, -0.1) is 0 Å². The van der Waals surface area contributed by atoms with Crippen molar-refractivity contribution in [3.63, 3.8) is 0 Å². The van der Waals surface area contributed by atoms with Gasteiger partial charge in [0.15, 0.2) is 0 Å². The lowest BCUT2D eigenvalue weighted by Crippen LogP contribution is -2.27. The first-order chi connectivity index (χ1) is 15.0. The van der Waals surface area contributed by atoms with E-state index in [1.54, 1.807) is 0 Å². The van der Waals surface area contributed by atoms with Crippen molar-refractivity contribution in [3.8, 4) is 0 Å². The van der Waals surface area contributed by atoms with Crippen molar-refractivity contribution >= 4 is 29.6 Å². The van der Waals surface area contributed by atoms with E-state index in [0.29, 0.717) is 0 Å². The summed E-state index contributed by atoms with van der Waals surface area (Å²) < 4.78 is 0. The van der Waals surface area contributed by atoms with Gasteiger partial charge in [0.05, 0.1) is 6.67 Å². The Hall–Kier alpha value is -3.26. The second-order valence-corrected chi connectivity index (χ2v) is 8.62. The molecule has 1 aliphatic heterocycles. The van der Waals surface area contributed by atoms with E-state index in [1.807, 2.05) is 6.08 Å². The Balaban J connectivity index is 1.56. The molecule has 2 nitrogen and oxygen atoms in total. The van der Waals surface area contributed by atoms with Gasteiger partial charge in [-0.3, -0.25) is 0 Å². The van der Waals surface area contributed by atoms with Gasteiger partial charge in [-0.1, -0.05) is 55.1 Å². The number of rotatable bonds is 5. The smallest absolute Gasteiger partial charge is 0.0904 e. The monoisotopic (exact) mass is 408 g/mol. The molecule has 4 rings (SSSR count). The predicted octanol–water partition coefficient (Wildman–Crippen LogP) is 7.02. The fourth-order valence-corrected chi connectivity index (χ4v) is 4.90. The predicted molar refractivity (Wildman–Crippen MR) is 137 cm³/mol. The van der Waals surface area contributed by atoms with Crippen LogP contribution in [0, 0.1) is 27.7 Å². The molecule has 158 valence electrons. The highest BCUT2D eigenvalue weighted by molar-refractivity contribution is 5.74. The fraction of sp³-hybridized carbons (Fsp3) is 0.241. The molecule has 31 heavy (non-hydrogen) atoms. The molecular formula is C29H32N2. The van der Waals surface area contributed by atoms with E-state index in [9.17, 15) is 0 Å². The molecule has 1 aliphatic rings. The average Bonchev–Trinajstić information content (AvgIpc) is 3.21. The Morgan fingerprint density at radius 2 is 1.10 bits per heavy atom. The van der Waals surface area contributed by atoms with Crippen LogP contribution < -0.4 is 9.80 Å². The third kappa shape index (κ3) is 4.44. The highest BCUT2D eigenvalue weighted by atomic mass is 15.4. The Kier molecular flexibility index (Phi) is 5.99. The van der Waals surface area contributed by atoms with Crippen molar-refractivity contribution < 1.29 is 0 Å². The maximum absolute atomic E-state index is 3.92. The van der Waals surface area contributed by atoms with E-state index in [4.69, 9.17) is 0 Å². The summed E-state index contributed by atoms with van der Waals surface area (Å²) in [4.78, 5) is 5.04. The molecule has 0 saturated carbocycles. The zero-order valence-corrected chi connectivity index (χ0v) is 19.2. The minimum absolute atomic E-state index is 0.927. The van der Waals surface area contributed by atoms with E-state index >= 15 is 0 Å². The van der Waals surface area contributed by atoms with Gasteiger partial charge in [0.25, 0.3) is 0 Å². The Morgan fingerprint density at radius 1 is 0.645 bits per heavy atom. The molecule has 1 saturated heterocycles. The number of aryl methyl sites for hydroxylation is 4. The van der Waals surface area contributed by atoms with Gasteiger partial charge in [-0.25, -0.2) is 0 Å². The van der Waals surface area contributed by atoms with E-state index in [2.05, 4.69) is 111 Å². The molecule has 0 unspecified atom stereocenters. The molecule has 0 bridgehead atoms. The highest BCUT2D eigenvalue weighted by Gasteiger charge is 2.25. The van der Waals surface area contributed by atoms with Gasteiger partial charge < -0.3 is 9.80 Å². The van der Waals surface area contributed by atoms with Crippen molar-refractivity contribution in [2.45, 2.75) is 27.7 Å². The molecule has 0 spiro atoms. The summed E-state index contributed by atoms with van der Waals surface area (Å²) in [6, 6.07) is 19.6. The normalized spacial score (nSPS) is 13.9. The molecule has 0 atom stereocenters. The lowest BCUT2D eigenvalue weighted by atomic mass is 10.0.